The summed E-state index contributed by atoms with van der Waals surface area (Å²) in [6, 6.07) is 19.6. The molecule has 0 aliphatic carbocycles. The van der Waals surface area contributed by atoms with Crippen molar-refractivity contribution in [2.24, 2.45) is 5.16 Å². The van der Waals surface area contributed by atoms with Crippen LogP contribution in [0.3, 0.4) is 0 Å². The second-order valence-electron chi connectivity index (χ2n) is 12.3. The molecular formula is C38H47N3O6. The third-order valence-electron chi connectivity index (χ3n) is 8.54. The zero-order chi connectivity index (χ0) is 33.2. The molecule has 0 spiro atoms. The monoisotopic (exact) mass is 641 g/mol. The Hall–Kier alpha value is -4.37. The molecule has 2 aliphatic rings. The highest BCUT2D eigenvalue weighted by atomic mass is 16.6. The van der Waals surface area contributed by atoms with Crippen molar-refractivity contribution >= 4 is 17.4 Å². The average molecular weight is 642 g/mol. The number of carbonyl (C=O) groups is 1. The fraction of sp³-hybridized carbons (Fsp3) is 0.447. The summed E-state index contributed by atoms with van der Waals surface area (Å²) in [5, 5.41) is 4.34. The van der Waals surface area contributed by atoms with Crippen molar-refractivity contribution in [1.29, 1.82) is 0 Å². The number of esters is 1. The first-order chi connectivity index (χ1) is 22.8. The van der Waals surface area contributed by atoms with Crippen LogP contribution in [0.1, 0.15) is 68.1 Å². The van der Waals surface area contributed by atoms with Gasteiger partial charge in [-0.3, -0.25) is 9.78 Å². The molecule has 9 heteroatoms. The van der Waals surface area contributed by atoms with E-state index in [2.05, 4.69) is 30.0 Å². The van der Waals surface area contributed by atoms with Gasteiger partial charge in [0.2, 0.25) is 0 Å². The van der Waals surface area contributed by atoms with E-state index in [1.807, 2.05) is 80.6 Å². The standard InChI is InChI=1S/C38H47N3O6/c1-26-23-34-33(39-29(26)4)13-9-10-22-41(34)24-28(3)47-40-27(2)14-21-38(42)44-25-37-36(45-32-17-15-31(43-5)16-18-32)20-19-35(46-37)30-11-7-6-8-12-30/h6-8,11-12,15-20,23,28,35-37H,9-10,13-14,21-22,24-25H2,1-5H3/t28?,35-,36-,37+/m0/s1. The third kappa shape index (κ3) is 9.58. The Labute approximate surface area is 278 Å². The van der Waals surface area contributed by atoms with Crippen LogP contribution in [0.15, 0.2) is 78.0 Å². The smallest absolute Gasteiger partial charge is 0.306 e. The first kappa shape index (κ1) is 34.0. The van der Waals surface area contributed by atoms with Crippen molar-refractivity contribution in [2.75, 3.05) is 31.7 Å². The van der Waals surface area contributed by atoms with E-state index >= 15 is 0 Å². The highest BCUT2D eigenvalue weighted by molar-refractivity contribution is 5.85. The SMILES string of the molecule is COc1ccc(O[C@H]2C=C[C@@H](c3ccccc3)O[C@@H]2COC(=O)CCC(C)=NOC(C)CN2CCCCc3nc(C)c(C)cc32)cc1. The van der Waals surface area contributed by atoms with Gasteiger partial charge in [0.25, 0.3) is 0 Å². The van der Waals surface area contributed by atoms with Crippen molar-refractivity contribution in [1.82, 2.24) is 4.98 Å². The van der Waals surface area contributed by atoms with Crippen molar-refractivity contribution in [3.8, 4) is 11.5 Å². The summed E-state index contributed by atoms with van der Waals surface area (Å²) in [6.07, 6.45) is 6.51. The van der Waals surface area contributed by atoms with Gasteiger partial charge in [-0.05, 0) is 101 Å². The predicted molar refractivity (Wildman–Crippen MR) is 183 cm³/mol. The third-order valence-corrected chi connectivity index (χ3v) is 8.54. The highest BCUT2D eigenvalue weighted by Crippen LogP contribution is 2.30. The van der Waals surface area contributed by atoms with Crippen LogP contribution in [0.5, 0.6) is 11.5 Å². The van der Waals surface area contributed by atoms with Crippen molar-refractivity contribution < 1.29 is 28.6 Å². The summed E-state index contributed by atoms with van der Waals surface area (Å²) in [5.74, 6) is 1.08. The second-order valence-corrected chi connectivity index (χ2v) is 12.3. The lowest BCUT2D eigenvalue weighted by atomic mass is 10.0. The van der Waals surface area contributed by atoms with Crippen LogP contribution < -0.4 is 14.4 Å². The molecular weight excluding hydrogens is 594 g/mol. The molecule has 3 aromatic rings. The molecule has 250 valence electrons. The predicted octanol–water partition coefficient (Wildman–Crippen LogP) is 7.10. The Kier molecular flexibility index (Phi) is 11.9. The molecule has 47 heavy (non-hydrogen) atoms. The number of ether oxygens (including phenoxy) is 4. The number of pyridine rings is 1. The van der Waals surface area contributed by atoms with E-state index in [0.717, 1.165) is 55.1 Å². The molecule has 3 heterocycles. The molecule has 0 saturated heterocycles. The molecule has 1 aromatic heterocycles. The number of hydrogen-bond donors (Lipinski definition) is 0. The maximum Gasteiger partial charge on any atom is 0.306 e. The molecule has 5 rings (SSSR count). The zero-order valence-electron chi connectivity index (χ0n) is 28.2. The van der Waals surface area contributed by atoms with E-state index in [0.29, 0.717) is 12.2 Å². The number of fused-ring (bicyclic) bond motifs is 1. The molecule has 0 amide bonds. The quantitative estimate of drug-likeness (QED) is 0.0845. The largest absolute Gasteiger partial charge is 0.497 e. The Morgan fingerprint density at radius 1 is 1.04 bits per heavy atom. The molecule has 2 aliphatic heterocycles. The van der Waals surface area contributed by atoms with E-state index in [4.69, 9.17) is 28.8 Å². The molecule has 0 N–H and O–H groups in total. The first-order valence-electron chi connectivity index (χ1n) is 16.6. The van der Waals surface area contributed by atoms with Gasteiger partial charge >= 0.3 is 5.97 Å². The van der Waals surface area contributed by atoms with Crippen molar-refractivity contribution in [2.45, 2.75) is 84.2 Å². The van der Waals surface area contributed by atoms with Gasteiger partial charge in [0.1, 0.15) is 42.5 Å². The Balaban J connectivity index is 1.12. The van der Waals surface area contributed by atoms with E-state index in [1.54, 1.807) is 7.11 Å². The normalized spacial score (nSPS) is 20.1. The van der Waals surface area contributed by atoms with Crippen LogP contribution in [-0.4, -0.2) is 61.8 Å². The zero-order valence-corrected chi connectivity index (χ0v) is 28.2. The van der Waals surface area contributed by atoms with Crippen LogP contribution >= 0.6 is 0 Å². The maximum absolute atomic E-state index is 12.8. The number of carbonyl (C=O) groups excluding carboxylic acids is 1. The molecule has 1 unspecified atom stereocenters. The van der Waals surface area contributed by atoms with Gasteiger partial charge in [-0.1, -0.05) is 41.6 Å². The van der Waals surface area contributed by atoms with Gasteiger partial charge in [0.05, 0.1) is 37.2 Å². The molecule has 4 atom stereocenters. The van der Waals surface area contributed by atoms with E-state index < -0.39 is 12.2 Å². The Morgan fingerprint density at radius 3 is 2.57 bits per heavy atom. The number of aromatic nitrogens is 1. The van der Waals surface area contributed by atoms with Gasteiger partial charge in [0, 0.05) is 12.2 Å². The van der Waals surface area contributed by atoms with Crippen molar-refractivity contribution in [3.05, 3.63) is 95.3 Å². The van der Waals surface area contributed by atoms with E-state index in [9.17, 15) is 4.79 Å². The summed E-state index contributed by atoms with van der Waals surface area (Å²) in [6.45, 7) is 9.82. The number of anilines is 1. The highest BCUT2D eigenvalue weighted by Gasteiger charge is 2.31. The number of rotatable bonds is 13. The number of benzene rings is 2. The number of methoxy groups -OCH3 is 1. The van der Waals surface area contributed by atoms with Gasteiger partial charge in [0.15, 0.2) is 0 Å². The Bertz CT molecular complexity index is 1520. The topological polar surface area (TPSA) is 91.7 Å². The number of hydrogen-bond acceptors (Lipinski definition) is 9. The minimum absolute atomic E-state index is 0.0578. The lowest BCUT2D eigenvalue weighted by molar-refractivity contribution is -0.152. The summed E-state index contributed by atoms with van der Waals surface area (Å²) >= 11 is 0. The number of aryl methyl sites for hydroxylation is 3. The lowest BCUT2D eigenvalue weighted by Gasteiger charge is -2.32. The van der Waals surface area contributed by atoms with Crippen LogP contribution in [0, 0.1) is 13.8 Å². The summed E-state index contributed by atoms with van der Waals surface area (Å²) in [4.78, 5) is 25.9. The fourth-order valence-electron chi connectivity index (χ4n) is 5.74. The van der Waals surface area contributed by atoms with E-state index in [-0.39, 0.29) is 31.2 Å². The lowest BCUT2D eigenvalue weighted by Crippen LogP contribution is -2.40. The minimum Gasteiger partial charge on any atom is -0.497 e. The molecule has 2 aromatic carbocycles. The minimum atomic E-state index is -0.498. The Morgan fingerprint density at radius 2 is 1.81 bits per heavy atom. The summed E-state index contributed by atoms with van der Waals surface area (Å²) in [7, 11) is 1.62. The van der Waals surface area contributed by atoms with E-state index in [1.165, 1.54) is 16.9 Å². The molecule has 0 saturated carbocycles. The van der Waals surface area contributed by atoms with Crippen LogP contribution in [-0.2, 0) is 25.5 Å². The van der Waals surface area contributed by atoms with Gasteiger partial charge in [-0.2, -0.15) is 0 Å². The number of nitrogens with zero attached hydrogens (tertiary/aromatic N) is 3. The maximum atomic E-state index is 12.8. The summed E-state index contributed by atoms with van der Waals surface area (Å²) in [5.41, 5.74) is 6.42. The molecule has 0 fully saturated rings. The average Bonchev–Trinajstić information content (AvgIpc) is 3.28. The number of oxime groups is 1. The molecule has 0 bridgehead atoms. The van der Waals surface area contributed by atoms with Crippen molar-refractivity contribution in [3.63, 3.8) is 0 Å². The summed E-state index contributed by atoms with van der Waals surface area (Å²) < 4.78 is 23.6. The molecule has 9 nitrogen and oxygen atoms in total. The van der Waals surface area contributed by atoms with Crippen LogP contribution in [0.4, 0.5) is 5.69 Å². The first-order valence-corrected chi connectivity index (χ1v) is 16.6. The molecule has 0 radical (unpaired) electrons. The van der Waals surface area contributed by atoms with Gasteiger partial charge in [-0.15, -0.1) is 0 Å². The van der Waals surface area contributed by atoms with Crippen LogP contribution in [0.2, 0.25) is 0 Å². The van der Waals surface area contributed by atoms with Gasteiger partial charge < -0.3 is 28.7 Å². The fourth-order valence-corrected chi connectivity index (χ4v) is 5.74. The van der Waals surface area contributed by atoms with Crippen LogP contribution in [0.25, 0.3) is 0 Å². The van der Waals surface area contributed by atoms with Gasteiger partial charge in [-0.25, -0.2) is 0 Å². The second kappa shape index (κ2) is 16.5.